The zero-order valence-corrected chi connectivity index (χ0v) is 17.1. The monoisotopic (exact) mass is 412 g/mol. The summed E-state index contributed by atoms with van der Waals surface area (Å²) in [6, 6.07) is 18.4. The van der Waals surface area contributed by atoms with Crippen LogP contribution in [-0.4, -0.2) is 35.1 Å². The average Bonchev–Trinajstić information content (AvgIpc) is 2.84. The number of hydrogen-bond acceptors (Lipinski definition) is 6. The highest BCUT2D eigenvalue weighted by molar-refractivity contribution is 6.08. The number of carbonyl (C=O) groups excluding carboxylic acids is 1. The van der Waals surface area contributed by atoms with Gasteiger partial charge in [0, 0.05) is 53.6 Å². The minimum absolute atomic E-state index is 0.340. The molecule has 0 spiro atoms. The molecule has 7 nitrogen and oxygen atoms in total. The Morgan fingerprint density at radius 3 is 2.19 bits per heavy atom. The molecule has 0 bridgehead atoms. The van der Waals surface area contributed by atoms with Crippen molar-refractivity contribution in [2.45, 2.75) is 0 Å². The lowest BCUT2D eigenvalue weighted by molar-refractivity contribution is 0.102. The van der Waals surface area contributed by atoms with Crippen LogP contribution in [0.2, 0.25) is 0 Å². The number of amides is 1. The summed E-state index contributed by atoms with van der Waals surface area (Å²) in [6.07, 6.45) is 4.86. The molecule has 0 fully saturated rings. The van der Waals surface area contributed by atoms with E-state index in [2.05, 4.69) is 15.3 Å². The Bertz CT molecular complexity index is 1180. The summed E-state index contributed by atoms with van der Waals surface area (Å²) in [5, 5.41) is 2.88. The molecule has 0 saturated carbocycles. The first-order valence-electron chi connectivity index (χ1n) is 9.55. The van der Waals surface area contributed by atoms with Gasteiger partial charge in [0.15, 0.2) is 5.82 Å². The van der Waals surface area contributed by atoms with Crippen LogP contribution >= 0.6 is 0 Å². The van der Waals surface area contributed by atoms with Crippen LogP contribution in [-0.2, 0) is 0 Å². The van der Waals surface area contributed by atoms with E-state index in [0.29, 0.717) is 34.3 Å². The van der Waals surface area contributed by atoms with Crippen LogP contribution in [0.4, 0.5) is 5.69 Å². The van der Waals surface area contributed by atoms with Gasteiger partial charge in [-0.15, -0.1) is 0 Å². The number of rotatable bonds is 6. The molecule has 2 aromatic heterocycles. The maximum atomic E-state index is 13.2. The Labute approximate surface area is 179 Å². The zero-order valence-electron chi connectivity index (χ0n) is 17.1. The van der Waals surface area contributed by atoms with E-state index in [1.807, 2.05) is 42.5 Å². The third-order valence-corrected chi connectivity index (χ3v) is 4.63. The largest absolute Gasteiger partial charge is 0.497 e. The topological polar surface area (TPSA) is 86.2 Å². The minimum Gasteiger partial charge on any atom is -0.497 e. The molecule has 31 heavy (non-hydrogen) atoms. The Hall–Kier alpha value is -4.26. The van der Waals surface area contributed by atoms with Crippen molar-refractivity contribution in [2.24, 2.45) is 0 Å². The molecule has 0 aliphatic rings. The second-order valence-corrected chi connectivity index (χ2v) is 6.61. The molecule has 4 aromatic rings. The summed E-state index contributed by atoms with van der Waals surface area (Å²) in [4.78, 5) is 26.3. The van der Waals surface area contributed by atoms with Gasteiger partial charge in [-0.2, -0.15) is 0 Å². The van der Waals surface area contributed by atoms with Crippen LogP contribution < -0.4 is 14.8 Å². The standard InChI is InChI=1S/C24H20N4O3/c1-30-19-12-18(13-20(14-19)31-2)27-24(29)21-15-26-23(17-6-4-3-5-7-17)28-22(21)16-8-10-25-11-9-16/h3-15H,1-2H3,(H,27,29). The molecule has 2 aromatic carbocycles. The molecule has 0 radical (unpaired) electrons. The average molecular weight is 412 g/mol. The van der Waals surface area contributed by atoms with Crippen molar-refractivity contribution in [3.8, 4) is 34.1 Å². The van der Waals surface area contributed by atoms with Crippen molar-refractivity contribution in [3.05, 3.63) is 84.8 Å². The van der Waals surface area contributed by atoms with E-state index < -0.39 is 0 Å². The van der Waals surface area contributed by atoms with Gasteiger partial charge in [-0.05, 0) is 12.1 Å². The first-order chi connectivity index (χ1) is 15.2. The molecule has 0 aliphatic heterocycles. The summed E-state index contributed by atoms with van der Waals surface area (Å²) in [5.74, 6) is 1.33. The first-order valence-corrected chi connectivity index (χ1v) is 9.55. The maximum absolute atomic E-state index is 13.2. The van der Waals surface area contributed by atoms with Gasteiger partial charge < -0.3 is 14.8 Å². The van der Waals surface area contributed by atoms with Crippen LogP contribution in [0.25, 0.3) is 22.6 Å². The quantitative estimate of drug-likeness (QED) is 0.503. The van der Waals surface area contributed by atoms with Gasteiger partial charge in [0.25, 0.3) is 5.91 Å². The number of anilines is 1. The number of benzene rings is 2. The van der Waals surface area contributed by atoms with Crippen molar-refractivity contribution in [1.82, 2.24) is 15.0 Å². The second-order valence-electron chi connectivity index (χ2n) is 6.61. The third kappa shape index (κ3) is 4.51. The van der Waals surface area contributed by atoms with Crippen molar-refractivity contribution < 1.29 is 14.3 Å². The SMILES string of the molecule is COc1cc(NC(=O)c2cnc(-c3ccccc3)nc2-c2ccncc2)cc(OC)c1. The molecule has 1 N–H and O–H groups in total. The molecule has 4 rings (SSSR count). The molecular formula is C24H20N4O3. The van der Waals surface area contributed by atoms with Crippen molar-refractivity contribution in [1.29, 1.82) is 0 Å². The fourth-order valence-electron chi connectivity index (χ4n) is 3.08. The summed E-state index contributed by atoms with van der Waals surface area (Å²) in [6.45, 7) is 0. The number of aromatic nitrogens is 3. The van der Waals surface area contributed by atoms with E-state index in [-0.39, 0.29) is 5.91 Å². The number of carbonyl (C=O) groups is 1. The van der Waals surface area contributed by atoms with Gasteiger partial charge in [-0.25, -0.2) is 9.97 Å². The van der Waals surface area contributed by atoms with E-state index in [1.54, 1.807) is 44.8 Å². The Morgan fingerprint density at radius 2 is 1.55 bits per heavy atom. The van der Waals surface area contributed by atoms with Gasteiger partial charge in [-0.3, -0.25) is 9.78 Å². The molecule has 0 aliphatic carbocycles. The molecule has 0 saturated heterocycles. The molecule has 1 amide bonds. The predicted octanol–water partition coefficient (Wildman–Crippen LogP) is 4.48. The van der Waals surface area contributed by atoms with Crippen molar-refractivity contribution >= 4 is 11.6 Å². The van der Waals surface area contributed by atoms with Gasteiger partial charge in [0.05, 0.1) is 25.5 Å². The lowest BCUT2D eigenvalue weighted by atomic mass is 10.1. The fraction of sp³-hybridized carbons (Fsp3) is 0.0833. The van der Waals surface area contributed by atoms with Gasteiger partial charge in [0.1, 0.15) is 11.5 Å². The highest BCUT2D eigenvalue weighted by atomic mass is 16.5. The maximum Gasteiger partial charge on any atom is 0.259 e. The normalized spacial score (nSPS) is 10.4. The lowest BCUT2D eigenvalue weighted by Crippen LogP contribution is -2.15. The smallest absolute Gasteiger partial charge is 0.259 e. The van der Waals surface area contributed by atoms with Crippen molar-refractivity contribution in [2.75, 3.05) is 19.5 Å². The third-order valence-electron chi connectivity index (χ3n) is 4.63. The van der Waals surface area contributed by atoms with Crippen LogP contribution in [0.5, 0.6) is 11.5 Å². The lowest BCUT2D eigenvalue weighted by Gasteiger charge is -2.13. The number of methoxy groups -OCH3 is 2. The van der Waals surface area contributed by atoms with Crippen LogP contribution in [0.3, 0.4) is 0 Å². The molecule has 0 unspecified atom stereocenters. The summed E-state index contributed by atoms with van der Waals surface area (Å²) in [7, 11) is 3.11. The van der Waals surface area contributed by atoms with E-state index in [1.165, 1.54) is 6.20 Å². The zero-order chi connectivity index (χ0) is 21.6. The summed E-state index contributed by atoms with van der Waals surface area (Å²) < 4.78 is 10.6. The molecule has 2 heterocycles. The Kier molecular flexibility index (Phi) is 5.84. The van der Waals surface area contributed by atoms with E-state index in [0.717, 1.165) is 11.1 Å². The highest BCUT2D eigenvalue weighted by Gasteiger charge is 2.18. The molecule has 7 heteroatoms. The van der Waals surface area contributed by atoms with Gasteiger partial charge in [0.2, 0.25) is 0 Å². The number of nitrogens with zero attached hydrogens (tertiary/aromatic N) is 3. The number of hydrogen-bond donors (Lipinski definition) is 1. The number of ether oxygens (including phenoxy) is 2. The molecule has 154 valence electrons. The summed E-state index contributed by atoms with van der Waals surface area (Å²) >= 11 is 0. The fourth-order valence-corrected chi connectivity index (χ4v) is 3.08. The predicted molar refractivity (Wildman–Crippen MR) is 118 cm³/mol. The van der Waals surface area contributed by atoms with E-state index in [9.17, 15) is 4.79 Å². The Morgan fingerprint density at radius 1 is 0.871 bits per heavy atom. The van der Waals surface area contributed by atoms with Crippen LogP contribution in [0.15, 0.2) is 79.3 Å². The van der Waals surface area contributed by atoms with Crippen LogP contribution in [0, 0.1) is 0 Å². The van der Waals surface area contributed by atoms with E-state index >= 15 is 0 Å². The van der Waals surface area contributed by atoms with E-state index in [4.69, 9.17) is 14.5 Å². The number of pyridine rings is 1. The number of nitrogens with one attached hydrogen (secondary N) is 1. The van der Waals surface area contributed by atoms with Crippen LogP contribution in [0.1, 0.15) is 10.4 Å². The molecule has 0 atom stereocenters. The van der Waals surface area contributed by atoms with Crippen molar-refractivity contribution in [3.63, 3.8) is 0 Å². The second kappa shape index (κ2) is 9.04. The summed E-state index contributed by atoms with van der Waals surface area (Å²) in [5.41, 5.74) is 3.02. The van der Waals surface area contributed by atoms with Gasteiger partial charge >= 0.3 is 0 Å². The first kappa shape index (κ1) is 20.0. The van der Waals surface area contributed by atoms with Gasteiger partial charge in [-0.1, -0.05) is 30.3 Å². The highest BCUT2D eigenvalue weighted by Crippen LogP contribution is 2.28. The molecular weight excluding hydrogens is 392 g/mol. The Balaban J connectivity index is 1.74. The minimum atomic E-state index is -0.346.